The minimum atomic E-state index is -4.48. The lowest BCUT2D eigenvalue weighted by Gasteiger charge is -2.40. The van der Waals surface area contributed by atoms with Gasteiger partial charge in [-0.2, -0.15) is 28.1 Å². The molecular weight excluding hydrogens is 429 g/mol. The Bertz CT molecular complexity index is 880. The molecule has 0 atom stereocenters. The van der Waals surface area contributed by atoms with Crippen LogP contribution < -0.4 is 15.0 Å². The Labute approximate surface area is 183 Å². The predicted molar refractivity (Wildman–Crippen MR) is 110 cm³/mol. The van der Waals surface area contributed by atoms with Gasteiger partial charge in [0, 0.05) is 32.2 Å². The first kappa shape index (κ1) is 22.6. The Morgan fingerprint density at radius 2 is 1.84 bits per heavy atom. The molecule has 0 amide bonds. The number of aromatic nitrogens is 3. The molecule has 4 heterocycles. The number of alkyl halides is 3. The number of rotatable bonds is 7. The van der Waals surface area contributed by atoms with E-state index in [-0.39, 0.29) is 18.5 Å². The van der Waals surface area contributed by atoms with Gasteiger partial charge in [-0.3, -0.25) is 4.90 Å². The van der Waals surface area contributed by atoms with Gasteiger partial charge < -0.3 is 24.1 Å². The summed E-state index contributed by atoms with van der Waals surface area (Å²) in [7, 11) is 0. The summed E-state index contributed by atoms with van der Waals surface area (Å²) < 4.78 is 53.7. The van der Waals surface area contributed by atoms with E-state index in [4.69, 9.17) is 13.9 Å². The molecule has 2 aromatic rings. The molecule has 2 fully saturated rings. The number of furan rings is 1. The average molecular weight is 456 g/mol. The fourth-order valence-electron chi connectivity index (χ4n) is 3.90. The molecule has 0 aliphatic carbocycles. The van der Waals surface area contributed by atoms with Gasteiger partial charge in [-0.05, 0) is 31.9 Å². The Morgan fingerprint density at radius 1 is 1.09 bits per heavy atom. The largest absolute Gasteiger partial charge is 0.465 e. The number of morpholine rings is 1. The van der Waals surface area contributed by atoms with E-state index in [9.17, 15) is 13.2 Å². The number of nitrogens with zero attached hydrogens (tertiary/aromatic N) is 5. The third-order valence-electron chi connectivity index (χ3n) is 5.49. The Balaban J connectivity index is 1.44. The van der Waals surface area contributed by atoms with Crippen molar-refractivity contribution < 1.29 is 27.1 Å². The number of ether oxygens (including phenoxy) is 2. The highest BCUT2D eigenvalue weighted by Crippen LogP contribution is 2.24. The van der Waals surface area contributed by atoms with E-state index >= 15 is 0 Å². The third-order valence-corrected chi connectivity index (χ3v) is 5.49. The highest BCUT2D eigenvalue weighted by atomic mass is 19.4. The molecule has 0 saturated carbocycles. The highest BCUT2D eigenvalue weighted by molar-refractivity contribution is 5.39. The minimum Gasteiger partial charge on any atom is -0.465 e. The maximum Gasteiger partial charge on any atom is 0.422 e. The number of hydrogen-bond donors (Lipinski definition) is 1. The van der Waals surface area contributed by atoms with Crippen LogP contribution in [0.4, 0.5) is 25.1 Å². The van der Waals surface area contributed by atoms with Crippen LogP contribution in [0.5, 0.6) is 6.01 Å². The molecule has 0 bridgehead atoms. The number of piperidine rings is 1. The van der Waals surface area contributed by atoms with Crippen molar-refractivity contribution >= 4 is 11.9 Å². The van der Waals surface area contributed by atoms with Crippen molar-refractivity contribution in [1.29, 1.82) is 0 Å². The van der Waals surface area contributed by atoms with Gasteiger partial charge in [0.1, 0.15) is 11.5 Å². The fraction of sp³-hybridized carbons (Fsp3) is 0.650. The summed E-state index contributed by atoms with van der Waals surface area (Å²) in [6.45, 7) is 5.38. The molecule has 1 N–H and O–H groups in total. The van der Waals surface area contributed by atoms with Gasteiger partial charge in [-0.25, -0.2) is 0 Å². The summed E-state index contributed by atoms with van der Waals surface area (Å²) in [5.74, 6) is 1.86. The van der Waals surface area contributed by atoms with Gasteiger partial charge in [-0.1, -0.05) is 0 Å². The molecule has 32 heavy (non-hydrogen) atoms. The zero-order valence-corrected chi connectivity index (χ0v) is 17.9. The van der Waals surface area contributed by atoms with Crippen LogP contribution in [0.2, 0.25) is 0 Å². The summed E-state index contributed by atoms with van der Waals surface area (Å²) in [5.41, 5.74) is 0. The zero-order valence-electron chi connectivity index (χ0n) is 17.9. The lowest BCUT2D eigenvalue weighted by atomic mass is 10.0. The Morgan fingerprint density at radius 3 is 2.50 bits per heavy atom. The van der Waals surface area contributed by atoms with E-state index in [1.807, 2.05) is 24.0 Å². The van der Waals surface area contributed by atoms with Crippen LogP contribution in [0.25, 0.3) is 0 Å². The summed E-state index contributed by atoms with van der Waals surface area (Å²) in [6, 6.07) is 3.73. The second-order valence-corrected chi connectivity index (χ2v) is 7.88. The maximum atomic E-state index is 12.6. The summed E-state index contributed by atoms with van der Waals surface area (Å²) in [5, 5.41) is 2.99. The van der Waals surface area contributed by atoms with Crippen molar-refractivity contribution in [3.63, 3.8) is 0 Å². The van der Waals surface area contributed by atoms with Crippen LogP contribution in [0.15, 0.2) is 16.5 Å². The Hall–Kier alpha value is -2.60. The molecule has 0 unspecified atom stereocenters. The first-order valence-corrected chi connectivity index (χ1v) is 10.7. The zero-order chi connectivity index (χ0) is 22.6. The van der Waals surface area contributed by atoms with E-state index in [0.29, 0.717) is 30.8 Å². The lowest BCUT2D eigenvalue weighted by molar-refractivity contribution is -0.154. The van der Waals surface area contributed by atoms with E-state index in [1.54, 1.807) is 0 Å². The molecule has 2 saturated heterocycles. The van der Waals surface area contributed by atoms with E-state index in [2.05, 4.69) is 25.2 Å². The molecule has 2 aliphatic heterocycles. The van der Waals surface area contributed by atoms with Crippen LogP contribution in [0, 0.1) is 6.92 Å². The molecule has 12 heteroatoms. The minimum absolute atomic E-state index is 0.136. The number of nitrogens with one attached hydrogen (secondary N) is 1. The van der Waals surface area contributed by atoms with E-state index in [1.165, 1.54) is 0 Å². The SMILES string of the molecule is Cc1ccc(CNc2nc(OCC(F)(F)F)nc(N3CCC(N4CCOCC4)CC3)n2)o1. The van der Waals surface area contributed by atoms with Crippen molar-refractivity contribution in [3.05, 3.63) is 23.7 Å². The third kappa shape index (κ3) is 6.22. The molecule has 0 spiro atoms. The normalized spacial score (nSPS) is 18.7. The van der Waals surface area contributed by atoms with Gasteiger partial charge in [0.15, 0.2) is 6.61 Å². The van der Waals surface area contributed by atoms with Crippen molar-refractivity contribution in [1.82, 2.24) is 19.9 Å². The van der Waals surface area contributed by atoms with Crippen molar-refractivity contribution in [2.24, 2.45) is 0 Å². The quantitative estimate of drug-likeness (QED) is 0.675. The van der Waals surface area contributed by atoms with Crippen LogP contribution >= 0.6 is 0 Å². The van der Waals surface area contributed by atoms with Crippen molar-refractivity contribution in [3.8, 4) is 6.01 Å². The molecule has 0 aromatic carbocycles. The average Bonchev–Trinajstić information content (AvgIpc) is 3.21. The number of hydrogen-bond acceptors (Lipinski definition) is 9. The Kier molecular flexibility index (Phi) is 6.99. The topological polar surface area (TPSA) is 88.8 Å². The summed E-state index contributed by atoms with van der Waals surface area (Å²) in [6.07, 6.45) is -2.65. The maximum absolute atomic E-state index is 12.6. The molecule has 0 radical (unpaired) electrons. The van der Waals surface area contributed by atoms with Gasteiger partial charge >= 0.3 is 12.2 Å². The van der Waals surface area contributed by atoms with E-state index < -0.39 is 12.8 Å². The molecule has 176 valence electrons. The fourth-order valence-corrected chi connectivity index (χ4v) is 3.90. The van der Waals surface area contributed by atoms with Gasteiger partial charge in [0.05, 0.1) is 19.8 Å². The molecule has 9 nitrogen and oxygen atoms in total. The van der Waals surface area contributed by atoms with Gasteiger partial charge in [0.25, 0.3) is 0 Å². The van der Waals surface area contributed by atoms with Gasteiger partial charge in [-0.15, -0.1) is 0 Å². The summed E-state index contributed by atoms with van der Waals surface area (Å²) in [4.78, 5) is 16.9. The summed E-state index contributed by atoms with van der Waals surface area (Å²) >= 11 is 0. The highest BCUT2D eigenvalue weighted by Gasteiger charge is 2.30. The van der Waals surface area contributed by atoms with Crippen LogP contribution in [0.3, 0.4) is 0 Å². The monoisotopic (exact) mass is 456 g/mol. The second-order valence-electron chi connectivity index (χ2n) is 7.88. The second kappa shape index (κ2) is 9.90. The first-order chi connectivity index (χ1) is 15.4. The molecule has 4 rings (SSSR count). The van der Waals surface area contributed by atoms with Gasteiger partial charge in [0.2, 0.25) is 11.9 Å². The standard InChI is InChI=1S/C20H27F3N6O3/c1-14-2-3-16(32-14)12-24-17-25-18(27-19(26-17)31-13-20(21,22)23)29-6-4-15(5-7-29)28-8-10-30-11-9-28/h2-3,15H,4-13H2,1H3,(H,24,25,26,27). The molecule has 2 aromatic heterocycles. The van der Waals surface area contributed by atoms with E-state index in [0.717, 1.165) is 44.9 Å². The van der Waals surface area contributed by atoms with Crippen LogP contribution in [0.1, 0.15) is 24.4 Å². The first-order valence-electron chi connectivity index (χ1n) is 10.7. The smallest absolute Gasteiger partial charge is 0.422 e. The van der Waals surface area contributed by atoms with Crippen molar-refractivity contribution in [2.75, 3.05) is 56.2 Å². The van der Waals surface area contributed by atoms with Crippen LogP contribution in [-0.4, -0.2) is 78.1 Å². The number of anilines is 2. The number of halogens is 3. The molecule has 2 aliphatic rings. The predicted octanol–water partition coefficient (Wildman–Crippen LogP) is 2.63. The van der Waals surface area contributed by atoms with Crippen molar-refractivity contribution in [2.45, 2.75) is 38.5 Å². The molecular formula is C20H27F3N6O3. The number of aryl methyl sites for hydroxylation is 1. The van der Waals surface area contributed by atoms with Crippen LogP contribution in [-0.2, 0) is 11.3 Å². The lowest BCUT2D eigenvalue weighted by Crippen LogP contribution is -2.49.